The number of nitrogens with one attached hydrogen (secondary N) is 2. The van der Waals surface area contributed by atoms with Gasteiger partial charge in [-0.05, 0) is 38.4 Å². The number of benzene rings is 1. The average Bonchev–Trinajstić information content (AvgIpc) is 2.41. The van der Waals surface area contributed by atoms with Crippen LogP contribution in [0.4, 0.5) is 11.4 Å². The van der Waals surface area contributed by atoms with E-state index in [1.807, 2.05) is 6.92 Å². The van der Waals surface area contributed by atoms with Crippen LogP contribution in [0.3, 0.4) is 0 Å². The maximum Gasteiger partial charge on any atom is 0.293 e. The summed E-state index contributed by atoms with van der Waals surface area (Å²) < 4.78 is 0. The molecule has 2 unspecified atom stereocenters. The van der Waals surface area contributed by atoms with Gasteiger partial charge in [-0.1, -0.05) is 0 Å². The summed E-state index contributed by atoms with van der Waals surface area (Å²) in [6.07, 6.45) is 1.97. The van der Waals surface area contributed by atoms with Gasteiger partial charge in [0.15, 0.2) is 0 Å². The normalized spacial score (nSPS) is 22.2. The SMILES string of the molecule is CC1NCCCC1Nc1ccc(C(N)=O)cc1[N+](=O)[O-]. The topological polar surface area (TPSA) is 110 Å². The highest BCUT2D eigenvalue weighted by Crippen LogP contribution is 2.27. The zero-order chi connectivity index (χ0) is 14.7. The predicted octanol–water partition coefficient (Wildman–Crippen LogP) is 1.25. The number of anilines is 1. The lowest BCUT2D eigenvalue weighted by molar-refractivity contribution is -0.384. The van der Waals surface area contributed by atoms with Crippen molar-refractivity contribution in [2.75, 3.05) is 11.9 Å². The molecule has 108 valence electrons. The number of hydrogen-bond acceptors (Lipinski definition) is 5. The molecule has 1 aliphatic heterocycles. The van der Waals surface area contributed by atoms with Crippen molar-refractivity contribution in [3.8, 4) is 0 Å². The number of nitro groups is 1. The van der Waals surface area contributed by atoms with E-state index < -0.39 is 10.8 Å². The van der Waals surface area contributed by atoms with Gasteiger partial charge in [0.05, 0.1) is 4.92 Å². The monoisotopic (exact) mass is 278 g/mol. The van der Waals surface area contributed by atoms with Crippen LogP contribution in [0.25, 0.3) is 0 Å². The lowest BCUT2D eigenvalue weighted by atomic mass is 9.99. The molecule has 0 bridgehead atoms. The van der Waals surface area contributed by atoms with Gasteiger partial charge >= 0.3 is 0 Å². The number of primary amides is 1. The van der Waals surface area contributed by atoms with Crippen molar-refractivity contribution < 1.29 is 9.72 Å². The Balaban J connectivity index is 2.26. The molecule has 0 radical (unpaired) electrons. The van der Waals surface area contributed by atoms with E-state index in [1.54, 1.807) is 6.07 Å². The molecule has 2 rings (SSSR count). The Bertz CT molecular complexity index is 532. The first-order valence-corrected chi connectivity index (χ1v) is 6.57. The quantitative estimate of drug-likeness (QED) is 0.567. The standard InChI is InChI=1S/C13H18N4O3/c1-8-10(3-2-6-15-8)16-11-5-4-9(13(14)18)7-12(11)17(19)20/h4-5,7-8,10,15-16H,2-3,6H2,1H3,(H2,14,18). The zero-order valence-electron chi connectivity index (χ0n) is 11.3. The van der Waals surface area contributed by atoms with E-state index in [0.29, 0.717) is 5.69 Å². The van der Waals surface area contributed by atoms with Crippen LogP contribution < -0.4 is 16.4 Å². The fourth-order valence-corrected chi connectivity index (χ4v) is 2.40. The molecule has 2 atom stereocenters. The first kappa shape index (κ1) is 14.3. The van der Waals surface area contributed by atoms with Crippen LogP contribution in [0.2, 0.25) is 0 Å². The van der Waals surface area contributed by atoms with Crippen molar-refractivity contribution in [1.82, 2.24) is 5.32 Å². The molecule has 1 aromatic carbocycles. The minimum atomic E-state index is -0.674. The Hall–Kier alpha value is -2.15. The van der Waals surface area contributed by atoms with Crippen LogP contribution in [0.15, 0.2) is 18.2 Å². The third kappa shape index (κ3) is 3.05. The molecule has 4 N–H and O–H groups in total. The number of piperidine rings is 1. The maximum atomic E-state index is 11.1. The molecule has 1 aliphatic rings. The Morgan fingerprint density at radius 2 is 2.30 bits per heavy atom. The van der Waals surface area contributed by atoms with E-state index in [-0.39, 0.29) is 23.3 Å². The van der Waals surface area contributed by atoms with Crippen molar-refractivity contribution >= 4 is 17.3 Å². The van der Waals surface area contributed by atoms with Gasteiger partial charge in [-0.3, -0.25) is 14.9 Å². The molecule has 0 spiro atoms. The number of carbonyl (C=O) groups excluding carboxylic acids is 1. The third-order valence-corrected chi connectivity index (χ3v) is 3.58. The Morgan fingerprint density at radius 3 is 2.90 bits per heavy atom. The van der Waals surface area contributed by atoms with Crippen LogP contribution in [-0.2, 0) is 0 Å². The van der Waals surface area contributed by atoms with Crippen LogP contribution >= 0.6 is 0 Å². The summed E-state index contributed by atoms with van der Waals surface area (Å²) in [5.41, 5.74) is 5.57. The number of carbonyl (C=O) groups is 1. The number of nitrogens with zero attached hydrogens (tertiary/aromatic N) is 1. The lowest BCUT2D eigenvalue weighted by Gasteiger charge is -2.31. The third-order valence-electron chi connectivity index (χ3n) is 3.58. The van der Waals surface area contributed by atoms with Crippen LogP contribution in [0, 0.1) is 10.1 Å². The molecule has 20 heavy (non-hydrogen) atoms. The number of hydrogen-bond donors (Lipinski definition) is 3. The second-order valence-corrected chi connectivity index (χ2v) is 4.99. The first-order chi connectivity index (χ1) is 9.49. The summed E-state index contributed by atoms with van der Waals surface area (Å²) in [6.45, 7) is 3.00. The van der Waals surface area contributed by atoms with Crippen molar-refractivity contribution in [3.05, 3.63) is 33.9 Å². The highest BCUT2D eigenvalue weighted by atomic mass is 16.6. The molecule has 7 heteroatoms. The van der Waals surface area contributed by atoms with Gasteiger partial charge in [-0.25, -0.2) is 0 Å². The molecule has 1 heterocycles. The lowest BCUT2D eigenvalue weighted by Crippen LogP contribution is -2.46. The van der Waals surface area contributed by atoms with Gasteiger partial charge in [0, 0.05) is 23.7 Å². The summed E-state index contributed by atoms with van der Waals surface area (Å²) in [4.78, 5) is 21.7. The Morgan fingerprint density at radius 1 is 1.55 bits per heavy atom. The molecular weight excluding hydrogens is 260 g/mol. The number of amides is 1. The van der Waals surface area contributed by atoms with Gasteiger partial charge < -0.3 is 16.4 Å². The summed E-state index contributed by atoms with van der Waals surface area (Å²) in [5.74, 6) is -0.674. The molecule has 7 nitrogen and oxygen atoms in total. The summed E-state index contributed by atoms with van der Waals surface area (Å²) in [5, 5.41) is 17.6. The maximum absolute atomic E-state index is 11.1. The van der Waals surface area contributed by atoms with Gasteiger partial charge in [0.2, 0.25) is 5.91 Å². The second-order valence-electron chi connectivity index (χ2n) is 4.99. The van der Waals surface area contributed by atoms with E-state index in [1.165, 1.54) is 12.1 Å². The van der Waals surface area contributed by atoms with E-state index in [0.717, 1.165) is 19.4 Å². The molecule has 0 aliphatic carbocycles. The molecule has 1 amide bonds. The summed E-state index contributed by atoms with van der Waals surface area (Å²) >= 11 is 0. The van der Waals surface area contributed by atoms with E-state index in [2.05, 4.69) is 10.6 Å². The van der Waals surface area contributed by atoms with Crippen LogP contribution in [0.5, 0.6) is 0 Å². The highest BCUT2D eigenvalue weighted by molar-refractivity contribution is 5.94. The minimum Gasteiger partial charge on any atom is -0.375 e. The van der Waals surface area contributed by atoms with E-state index >= 15 is 0 Å². The summed E-state index contributed by atoms with van der Waals surface area (Å²) in [7, 11) is 0. The minimum absolute atomic E-state index is 0.126. The molecular formula is C13H18N4O3. The van der Waals surface area contributed by atoms with Crippen LogP contribution in [0.1, 0.15) is 30.1 Å². The van der Waals surface area contributed by atoms with E-state index in [9.17, 15) is 14.9 Å². The van der Waals surface area contributed by atoms with Crippen molar-refractivity contribution in [1.29, 1.82) is 0 Å². The number of rotatable bonds is 4. The smallest absolute Gasteiger partial charge is 0.293 e. The van der Waals surface area contributed by atoms with Gasteiger partial charge in [-0.2, -0.15) is 0 Å². The fraction of sp³-hybridized carbons (Fsp3) is 0.462. The van der Waals surface area contributed by atoms with Gasteiger partial charge in [0.25, 0.3) is 5.69 Å². The first-order valence-electron chi connectivity index (χ1n) is 6.57. The molecule has 0 aromatic heterocycles. The largest absolute Gasteiger partial charge is 0.375 e. The zero-order valence-corrected chi connectivity index (χ0v) is 11.3. The van der Waals surface area contributed by atoms with Crippen LogP contribution in [-0.4, -0.2) is 29.5 Å². The predicted molar refractivity (Wildman–Crippen MR) is 75.7 cm³/mol. The van der Waals surface area contributed by atoms with Gasteiger partial charge in [0.1, 0.15) is 5.69 Å². The number of nitro benzene ring substituents is 1. The van der Waals surface area contributed by atoms with Crippen molar-refractivity contribution in [2.24, 2.45) is 5.73 Å². The molecule has 0 saturated carbocycles. The Labute approximate surface area is 116 Å². The Kier molecular flexibility index (Phi) is 4.19. The second kappa shape index (κ2) is 5.87. The molecule has 1 aromatic rings. The van der Waals surface area contributed by atoms with E-state index in [4.69, 9.17) is 5.73 Å². The highest BCUT2D eigenvalue weighted by Gasteiger charge is 2.24. The van der Waals surface area contributed by atoms with Crippen molar-refractivity contribution in [2.45, 2.75) is 31.8 Å². The number of nitrogens with two attached hydrogens (primary N) is 1. The summed E-state index contributed by atoms with van der Waals surface area (Å²) in [6, 6.07) is 4.62. The molecule has 1 fully saturated rings. The molecule has 1 saturated heterocycles. The fourth-order valence-electron chi connectivity index (χ4n) is 2.40. The van der Waals surface area contributed by atoms with Crippen molar-refractivity contribution in [3.63, 3.8) is 0 Å². The average molecular weight is 278 g/mol. The van der Waals surface area contributed by atoms with Gasteiger partial charge in [-0.15, -0.1) is 0 Å².